The number of aliphatic hydroxyl groups is 2. The van der Waals surface area contributed by atoms with Gasteiger partial charge in [0.2, 0.25) is 0 Å². The zero-order valence-electron chi connectivity index (χ0n) is 5.16. The van der Waals surface area contributed by atoms with E-state index < -0.39 is 6.29 Å². The van der Waals surface area contributed by atoms with Crippen molar-refractivity contribution in [3.8, 4) is 0 Å². The van der Waals surface area contributed by atoms with Crippen LogP contribution in [0.15, 0.2) is 0 Å². The normalized spacial score (nSPS) is 18.0. The minimum Gasteiger partial charge on any atom is -0.396 e. The molecular weight excluding hydrogens is 108 g/mol. The minimum absolute atomic E-state index is 0.0466. The SMILES string of the molecule is COC(O)C(C)CO. The van der Waals surface area contributed by atoms with Crippen LogP contribution in [-0.4, -0.2) is 30.2 Å². The Kier molecular flexibility index (Phi) is 3.77. The number of ether oxygens (including phenoxy) is 1. The Morgan fingerprint density at radius 3 is 2.25 bits per heavy atom. The molecule has 0 spiro atoms. The lowest BCUT2D eigenvalue weighted by Crippen LogP contribution is -2.22. The van der Waals surface area contributed by atoms with Gasteiger partial charge in [-0.1, -0.05) is 6.92 Å². The topological polar surface area (TPSA) is 49.7 Å². The Hall–Kier alpha value is -0.120. The second-order valence-electron chi connectivity index (χ2n) is 1.79. The van der Waals surface area contributed by atoms with Crippen molar-refractivity contribution in [2.24, 2.45) is 5.92 Å². The molecule has 0 aliphatic rings. The molecule has 0 aromatic rings. The fraction of sp³-hybridized carbons (Fsp3) is 1.00. The van der Waals surface area contributed by atoms with Gasteiger partial charge in [-0.15, -0.1) is 0 Å². The molecule has 0 radical (unpaired) electrons. The highest BCUT2D eigenvalue weighted by molar-refractivity contribution is 4.50. The molecule has 0 saturated heterocycles. The fourth-order valence-electron chi connectivity index (χ4n) is 0.322. The van der Waals surface area contributed by atoms with Crippen molar-refractivity contribution < 1.29 is 14.9 Å². The molecule has 0 heterocycles. The molecule has 0 aromatic carbocycles. The molecule has 3 nitrogen and oxygen atoms in total. The van der Waals surface area contributed by atoms with Gasteiger partial charge in [-0.3, -0.25) is 0 Å². The first-order valence-electron chi connectivity index (χ1n) is 2.54. The van der Waals surface area contributed by atoms with E-state index in [9.17, 15) is 0 Å². The summed E-state index contributed by atoms with van der Waals surface area (Å²) in [5.41, 5.74) is 0. The van der Waals surface area contributed by atoms with Crippen LogP contribution in [0.3, 0.4) is 0 Å². The molecule has 0 fully saturated rings. The van der Waals surface area contributed by atoms with Gasteiger partial charge in [-0.2, -0.15) is 0 Å². The lowest BCUT2D eigenvalue weighted by atomic mass is 10.2. The van der Waals surface area contributed by atoms with E-state index in [1.54, 1.807) is 6.92 Å². The summed E-state index contributed by atoms with van der Waals surface area (Å²) in [4.78, 5) is 0. The highest BCUT2D eigenvalue weighted by Gasteiger charge is 2.09. The van der Waals surface area contributed by atoms with E-state index in [4.69, 9.17) is 10.2 Å². The molecule has 2 N–H and O–H groups in total. The Balaban J connectivity index is 3.29. The molecule has 0 aromatic heterocycles. The van der Waals surface area contributed by atoms with E-state index in [0.29, 0.717) is 0 Å². The molecule has 50 valence electrons. The first-order chi connectivity index (χ1) is 3.72. The van der Waals surface area contributed by atoms with E-state index in [2.05, 4.69) is 4.74 Å². The zero-order valence-corrected chi connectivity index (χ0v) is 5.16. The molecule has 0 rings (SSSR count). The molecule has 0 aliphatic heterocycles. The summed E-state index contributed by atoms with van der Waals surface area (Å²) in [7, 11) is 1.40. The Labute approximate surface area is 48.9 Å². The van der Waals surface area contributed by atoms with Crippen LogP contribution in [0.4, 0.5) is 0 Å². The summed E-state index contributed by atoms with van der Waals surface area (Å²) >= 11 is 0. The van der Waals surface area contributed by atoms with Crippen molar-refractivity contribution in [3.05, 3.63) is 0 Å². The van der Waals surface area contributed by atoms with Gasteiger partial charge in [0.15, 0.2) is 6.29 Å². The summed E-state index contributed by atoms with van der Waals surface area (Å²) in [6.45, 7) is 1.66. The number of methoxy groups -OCH3 is 1. The van der Waals surface area contributed by atoms with E-state index in [1.165, 1.54) is 7.11 Å². The molecule has 0 aliphatic carbocycles. The number of hydrogen-bond donors (Lipinski definition) is 2. The van der Waals surface area contributed by atoms with Crippen molar-refractivity contribution in [2.45, 2.75) is 13.2 Å². The van der Waals surface area contributed by atoms with E-state index in [1.807, 2.05) is 0 Å². The lowest BCUT2D eigenvalue weighted by molar-refractivity contribution is -0.117. The maximum atomic E-state index is 8.74. The van der Waals surface area contributed by atoms with Crippen LogP contribution in [0, 0.1) is 5.92 Å². The lowest BCUT2D eigenvalue weighted by Gasteiger charge is -2.13. The fourth-order valence-corrected chi connectivity index (χ4v) is 0.322. The molecule has 2 atom stereocenters. The summed E-state index contributed by atoms with van der Waals surface area (Å²) in [6, 6.07) is 0. The van der Waals surface area contributed by atoms with Crippen molar-refractivity contribution in [2.75, 3.05) is 13.7 Å². The average molecular weight is 120 g/mol. The molecule has 0 bridgehead atoms. The van der Waals surface area contributed by atoms with Gasteiger partial charge in [0.05, 0.1) is 6.61 Å². The second-order valence-corrected chi connectivity index (χ2v) is 1.79. The first-order valence-corrected chi connectivity index (χ1v) is 2.54. The third-order valence-electron chi connectivity index (χ3n) is 1.02. The first kappa shape index (κ1) is 7.88. The molecule has 2 unspecified atom stereocenters. The third-order valence-corrected chi connectivity index (χ3v) is 1.02. The van der Waals surface area contributed by atoms with E-state index >= 15 is 0 Å². The average Bonchev–Trinajstić information content (AvgIpc) is 1.84. The van der Waals surface area contributed by atoms with Gasteiger partial charge in [0.25, 0.3) is 0 Å². The highest BCUT2D eigenvalue weighted by Crippen LogP contribution is 2.00. The van der Waals surface area contributed by atoms with Gasteiger partial charge in [0, 0.05) is 13.0 Å². The number of aliphatic hydroxyl groups excluding tert-OH is 2. The van der Waals surface area contributed by atoms with Gasteiger partial charge < -0.3 is 14.9 Å². The Morgan fingerprint density at radius 1 is 1.62 bits per heavy atom. The van der Waals surface area contributed by atoms with Crippen LogP contribution < -0.4 is 0 Å². The van der Waals surface area contributed by atoms with Gasteiger partial charge >= 0.3 is 0 Å². The van der Waals surface area contributed by atoms with Crippen molar-refractivity contribution in [1.29, 1.82) is 0 Å². The Morgan fingerprint density at radius 2 is 2.12 bits per heavy atom. The van der Waals surface area contributed by atoms with Crippen LogP contribution >= 0.6 is 0 Å². The summed E-state index contributed by atoms with van der Waals surface area (Å²) in [6.07, 6.45) is -0.833. The highest BCUT2D eigenvalue weighted by atomic mass is 16.6. The molecule has 0 amide bonds. The summed E-state index contributed by atoms with van der Waals surface area (Å²) in [5, 5.41) is 17.1. The van der Waals surface area contributed by atoms with Crippen LogP contribution in [0.25, 0.3) is 0 Å². The maximum absolute atomic E-state index is 8.74. The largest absolute Gasteiger partial charge is 0.396 e. The Bertz CT molecular complexity index is 47.6. The van der Waals surface area contributed by atoms with Crippen LogP contribution in [-0.2, 0) is 4.74 Å². The molecule has 3 heteroatoms. The van der Waals surface area contributed by atoms with Gasteiger partial charge in [-0.25, -0.2) is 0 Å². The molecular formula is C5H12O3. The van der Waals surface area contributed by atoms with Gasteiger partial charge in [0.1, 0.15) is 0 Å². The quantitative estimate of drug-likeness (QED) is 0.497. The zero-order chi connectivity index (χ0) is 6.57. The third kappa shape index (κ3) is 2.26. The summed E-state index contributed by atoms with van der Waals surface area (Å²) in [5.74, 6) is -0.194. The molecule has 8 heavy (non-hydrogen) atoms. The van der Waals surface area contributed by atoms with E-state index in [0.717, 1.165) is 0 Å². The maximum Gasteiger partial charge on any atom is 0.158 e. The number of rotatable bonds is 3. The van der Waals surface area contributed by atoms with Crippen molar-refractivity contribution in [1.82, 2.24) is 0 Å². The second kappa shape index (κ2) is 3.83. The van der Waals surface area contributed by atoms with Crippen LogP contribution in [0.5, 0.6) is 0 Å². The molecule has 0 saturated carbocycles. The minimum atomic E-state index is -0.833. The van der Waals surface area contributed by atoms with Crippen molar-refractivity contribution >= 4 is 0 Å². The van der Waals surface area contributed by atoms with Gasteiger partial charge in [-0.05, 0) is 0 Å². The standard InChI is InChI=1S/C5H12O3/c1-4(3-6)5(7)8-2/h4-7H,3H2,1-2H3. The predicted octanol–water partition coefficient (Wildman–Crippen LogP) is -0.420. The number of hydrogen-bond acceptors (Lipinski definition) is 3. The summed E-state index contributed by atoms with van der Waals surface area (Å²) < 4.78 is 4.50. The van der Waals surface area contributed by atoms with Crippen LogP contribution in [0.2, 0.25) is 0 Å². The van der Waals surface area contributed by atoms with Crippen LogP contribution in [0.1, 0.15) is 6.92 Å². The van der Waals surface area contributed by atoms with E-state index in [-0.39, 0.29) is 12.5 Å². The predicted molar refractivity (Wildman–Crippen MR) is 29.3 cm³/mol. The monoisotopic (exact) mass is 120 g/mol. The van der Waals surface area contributed by atoms with Crippen molar-refractivity contribution in [3.63, 3.8) is 0 Å². The smallest absolute Gasteiger partial charge is 0.158 e.